The molecule has 0 saturated carbocycles. The Labute approximate surface area is 159 Å². The van der Waals surface area contributed by atoms with Crippen molar-refractivity contribution in [3.8, 4) is 22.6 Å². The summed E-state index contributed by atoms with van der Waals surface area (Å²) in [4.78, 5) is 4.77. The van der Waals surface area contributed by atoms with Gasteiger partial charge in [0, 0.05) is 15.4 Å². The standard InChI is InChI=1S/C23H14BrNO/c24-20-8-4-7-19-18(20)13-14-21-22(19)25-23(26-21)17-11-9-16(10-12-17)15-5-2-1-3-6-15/h1-14H. The lowest BCUT2D eigenvalue weighted by atomic mass is 10.0. The van der Waals surface area contributed by atoms with Gasteiger partial charge in [-0.1, -0.05) is 70.5 Å². The van der Waals surface area contributed by atoms with Crippen molar-refractivity contribution in [2.45, 2.75) is 0 Å². The van der Waals surface area contributed by atoms with Crippen molar-refractivity contribution in [2.75, 3.05) is 0 Å². The van der Waals surface area contributed by atoms with E-state index in [4.69, 9.17) is 9.40 Å². The smallest absolute Gasteiger partial charge is 0.227 e. The number of aromatic nitrogens is 1. The second-order valence-corrected chi connectivity index (χ2v) is 7.06. The van der Waals surface area contributed by atoms with Crippen LogP contribution in [0.2, 0.25) is 0 Å². The van der Waals surface area contributed by atoms with E-state index in [-0.39, 0.29) is 0 Å². The van der Waals surface area contributed by atoms with Crippen molar-refractivity contribution in [1.82, 2.24) is 4.98 Å². The lowest BCUT2D eigenvalue weighted by Gasteiger charge is -2.02. The van der Waals surface area contributed by atoms with Crippen LogP contribution in [0, 0.1) is 0 Å². The third kappa shape index (κ3) is 2.52. The number of halogens is 1. The maximum Gasteiger partial charge on any atom is 0.227 e. The van der Waals surface area contributed by atoms with Crippen LogP contribution in [0.5, 0.6) is 0 Å². The number of hydrogen-bond donors (Lipinski definition) is 0. The van der Waals surface area contributed by atoms with Crippen LogP contribution in [0.3, 0.4) is 0 Å². The predicted molar refractivity (Wildman–Crippen MR) is 110 cm³/mol. The van der Waals surface area contributed by atoms with E-state index >= 15 is 0 Å². The molecular formula is C23H14BrNO. The molecule has 0 atom stereocenters. The molecule has 0 radical (unpaired) electrons. The molecule has 0 unspecified atom stereocenters. The van der Waals surface area contributed by atoms with E-state index < -0.39 is 0 Å². The second-order valence-electron chi connectivity index (χ2n) is 6.21. The van der Waals surface area contributed by atoms with Gasteiger partial charge in [0.15, 0.2) is 5.58 Å². The van der Waals surface area contributed by atoms with Crippen molar-refractivity contribution < 1.29 is 4.42 Å². The molecule has 0 spiro atoms. The van der Waals surface area contributed by atoms with Gasteiger partial charge in [-0.3, -0.25) is 0 Å². The molecule has 0 aliphatic heterocycles. The van der Waals surface area contributed by atoms with Gasteiger partial charge in [0.2, 0.25) is 5.89 Å². The van der Waals surface area contributed by atoms with Crippen molar-refractivity contribution in [2.24, 2.45) is 0 Å². The Balaban J connectivity index is 1.61. The van der Waals surface area contributed by atoms with Crippen LogP contribution < -0.4 is 0 Å². The maximum atomic E-state index is 6.02. The van der Waals surface area contributed by atoms with Crippen molar-refractivity contribution in [1.29, 1.82) is 0 Å². The molecule has 1 heterocycles. The molecule has 4 aromatic carbocycles. The molecule has 0 aliphatic carbocycles. The highest BCUT2D eigenvalue weighted by Gasteiger charge is 2.12. The fourth-order valence-electron chi connectivity index (χ4n) is 3.27. The molecule has 0 bridgehead atoms. The van der Waals surface area contributed by atoms with Gasteiger partial charge in [-0.05, 0) is 46.8 Å². The summed E-state index contributed by atoms with van der Waals surface area (Å²) in [5.41, 5.74) is 5.06. The average molecular weight is 400 g/mol. The molecule has 0 saturated heterocycles. The molecule has 5 aromatic rings. The normalized spacial score (nSPS) is 11.3. The SMILES string of the molecule is Brc1cccc2c1ccc1oc(-c3ccc(-c4ccccc4)cc3)nc12. The number of fused-ring (bicyclic) bond motifs is 3. The minimum Gasteiger partial charge on any atom is -0.436 e. The lowest BCUT2D eigenvalue weighted by molar-refractivity contribution is 0.620. The number of rotatable bonds is 2. The Morgan fingerprint density at radius 1 is 0.615 bits per heavy atom. The van der Waals surface area contributed by atoms with Crippen LogP contribution in [0.4, 0.5) is 0 Å². The zero-order chi connectivity index (χ0) is 17.5. The van der Waals surface area contributed by atoms with Gasteiger partial charge < -0.3 is 4.42 Å². The molecular weight excluding hydrogens is 386 g/mol. The van der Waals surface area contributed by atoms with Crippen LogP contribution in [0.1, 0.15) is 0 Å². The number of oxazole rings is 1. The van der Waals surface area contributed by atoms with Crippen LogP contribution in [-0.4, -0.2) is 4.98 Å². The van der Waals surface area contributed by atoms with Crippen molar-refractivity contribution in [3.05, 3.63) is 89.4 Å². The Bertz CT molecular complexity index is 1220. The highest BCUT2D eigenvalue weighted by Crippen LogP contribution is 2.33. The summed E-state index contributed by atoms with van der Waals surface area (Å²) in [6.45, 7) is 0. The third-order valence-corrected chi connectivity index (χ3v) is 5.29. The monoisotopic (exact) mass is 399 g/mol. The molecule has 0 N–H and O–H groups in total. The summed E-state index contributed by atoms with van der Waals surface area (Å²) in [6.07, 6.45) is 0. The number of nitrogens with zero attached hydrogens (tertiary/aromatic N) is 1. The summed E-state index contributed by atoms with van der Waals surface area (Å²) in [6, 6.07) is 28.9. The topological polar surface area (TPSA) is 26.0 Å². The second kappa shape index (κ2) is 6.11. The van der Waals surface area contributed by atoms with Crippen LogP contribution >= 0.6 is 15.9 Å². The van der Waals surface area contributed by atoms with Gasteiger partial charge in [-0.15, -0.1) is 0 Å². The van der Waals surface area contributed by atoms with Crippen LogP contribution in [0.15, 0.2) is 93.8 Å². The fourth-order valence-corrected chi connectivity index (χ4v) is 3.77. The Kier molecular flexibility index (Phi) is 3.61. The molecule has 5 rings (SSSR count). The average Bonchev–Trinajstić information content (AvgIpc) is 3.14. The molecule has 0 fully saturated rings. The minimum atomic E-state index is 0.645. The Morgan fingerprint density at radius 2 is 1.35 bits per heavy atom. The van der Waals surface area contributed by atoms with Gasteiger partial charge in [0.05, 0.1) is 0 Å². The van der Waals surface area contributed by atoms with Crippen molar-refractivity contribution >= 4 is 37.8 Å². The number of benzene rings is 4. The summed E-state index contributed by atoms with van der Waals surface area (Å²) in [5, 5.41) is 2.23. The van der Waals surface area contributed by atoms with Gasteiger partial charge in [-0.2, -0.15) is 0 Å². The van der Waals surface area contributed by atoms with E-state index in [1.807, 2.05) is 36.4 Å². The first-order valence-corrected chi connectivity index (χ1v) is 9.22. The van der Waals surface area contributed by atoms with Gasteiger partial charge >= 0.3 is 0 Å². The summed E-state index contributed by atoms with van der Waals surface area (Å²) in [5.74, 6) is 0.645. The highest BCUT2D eigenvalue weighted by atomic mass is 79.9. The summed E-state index contributed by atoms with van der Waals surface area (Å²) >= 11 is 3.61. The minimum absolute atomic E-state index is 0.645. The summed E-state index contributed by atoms with van der Waals surface area (Å²) in [7, 11) is 0. The highest BCUT2D eigenvalue weighted by molar-refractivity contribution is 9.10. The molecule has 124 valence electrons. The molecule has 1 aromatic heterocycles. The lowest BCUT2D eigenvalue weighted by Crippen LogP contribution is -1.80. The molecule has 3 heteroatoms. The zero-order valence-corrected chi connectivity index (χ0v) is 15.4. The molecule has 0 aliphatic rings. The van der Waals surface area contributed by atoms with E-state index in [1.165, 1.54) is 11.1 Å². The zero-order valence-electron chi connectivity index (χ0n) is 13.8. The van der Waals surface area contributed by atoms with Gasteiger partial charge in [0.25, 0.3) is 0 Å². The predicted octanol–water partition coefficient (Wildman–Crippen LogP) is 7.08. The Morgan fingerprint density at radius 3 is 2.15 bits per heavy atom. The summed E-state index contributed by atoms with van der Waals surface area (Å²) < 4.78 is 7.08. The van der Waals surface area contributed by atoms with E-state index in [2.05, 4.69) is 64.5 Å². The quantitative estimate of drug-likeness (QED) is 0.317. The first-order chi connectivity index (χ1) is 12.8. The van der Waals surface area contributed by atoms with Crippen LogP contribution in [-0.2, 0) is 0 Å². The van der Waals surface area contributed by atoms with Gasteiger partial charge in [-0.25, -0.2) is 4.98 Å². The third-order valence-electron chi connectivity index (χ3n) is 4.60. The largest absolute Gasteiger partial charge is 0.436 e. The van der Waals surface area contributed by atoms with Gasteiger partial charge in [0.1, 0.15) is 5.52 Å². The van der Waals surface area contributed by atoms with E-state index in [0.29, 0.717) is 5.89 Å². The molecule has 0 amide bonds. The first kappa shape index (κ1) is 15.4. The molecule has 2 nitrogen and oxygen atoms in total. The first-order valence-electron chi connectivity index (χ1n) is 8.43. The fraction of sp³-hybridized carbons (Fsp3) is 0. The van der Waals surface area contributed by atoms with Crippen LogP contribution in [0.25, 0.3) is 44.5 Å². The van der Waals surface area contributed by atoms with E-state index in [9.17, 15) is 0 Å². The van der Waals surface area contributed by atoms with E-state index in [0.717, 1.165) is 31.9 Å². The Hall–Kier alpha value is -2.91. The molecule has 26 heavy (non-hydrogen) atoms. The van der Waals surface area contributed by atoms with Crippen molar-refractivity contribution in [3.63, 3.8) is 0 Å². The number of hydrogen-bond acceptors (Lipinski definition) is 2. The maximum absolute atomic E-state index is 6.02. The van der Waals surface area contributed by atoms with E-state index in [1.54, 1.807) is 0 Å².